The molecule has 0 radical (unpaired) electrons. The monoisotopic (exact) mass is 408 g/mol. The molecule has 29 heavy (non-hydrogen) atoms. The predicted molar refractivity (Wildman–Crippen MR) is 111 cm³/mol. The second kappa shape index (κ2) is 6.00. The van der Waals surface area contributed by atoms with Crippen molar-refractivity contribution in [3.05, 3.63) is 54.0 Å². The summed E-state index contributed by atoms with van der Waals surface area (Å²) < 4.78 is 25.7. The summed E-state index contributed by atoms with van der Waals surface area (Å²) in [4.78, 5) is 21.5. The van der Waals surface area contributed by atoms with Crippen LogP contribution in [0.2, 0.25) is 0 Å². The molecule has 0 spiro atoms. The molecule has 1 aliphatic heterocycles. The number of hydrogen-bond acceptors (Lipinski definition) is 5. The summed E-state index contributed by atoms with van der Waals surface area (Å²) in [5, 5.41) is 3.85. The first-order chi connectivity index (χ1) is 13.8. The fourth-order valence-corrected chi connectivity index (χ4v) is 4.95. The van der Waals surface area contributed by atoms with Gasteiger partial charge in [0.1, 0.15) is 5.69 Å². The van der Waals surface area contributed by atoms with Crippen molar-refractivity contribution in [2.24, 2.45) is 0 Å². The van der Waals surface area contributed by atoms with Crippen LogP contribution < -0.4 is 9.62 Å². The summed E-state index contributed by atoms with van der Waals surface area (Å²) in [6.07, 6.45) is 5.37. The number of nitrogens with zero attached hydrogens (tertiary/aromatic N) is 3. The van der Waals surface area contributed by atoms with Crippen LogP contribution in [0.1, 0.15) is 35.8 Å². The Morgan fingerprint density at radius 1 is 1.17 bits per heavy atom. The van der Waals surface area contributed by atoms with Crippen molar-refractivity contribution >= 4 is 32.5 Å². The molecule has 148 valence electrons. The Bertz CT molecular complexity index is 1280. The summed E-state index contributed by atoms with van der Waals surface area (Å²) in [7, 11) is -1.74. The minimum absolute atomic E-state index is 0.0233. The van der Waals surface area contributed by atoms with Gasteiger partial charge in [0.2, 0.25) is 10.0 Å². The number of anilines is 1. The van der Waals surface area contributed by atoms with E-state index in [4.69, 9.17) is 0 Å². The molecular weight excluding hydrogens is 388 g/mol. The number of rotatable bonds is 3. The molecule has 3 aromatic rings. The number of carbonyl (C=O) groups is 1. The smallest absolute Gasteiger partial charge is 0.270 e. The van der Waals surface area contributed by atoms with Crippen molar-refractivity contribution in [3.8, 4) is 11.1 Å². The van der Waals surface area contributed by atoms with Gasteiger partial charge in [-0.15, -0.1) is 0 Å². The number of benzene rings is 1. The lowest BCUT2D eigenvalue weighted by Crippen LogP contribution is -2.34. The van der Waals surface area contributed by atoms with Gasteiger partial charge in [-0.2, -0.15) is 0 Å². The SMILES string of the molecule is CN1c2ccc(-c3cncc4ccc(C(=O)NC5(C)CC5)nc34)cc2CS1(=O)=O. The van der Waals surface area contributed by atoms with E-state index in [0.717, 1.165) is 34.9 Å². The minimum Gasteiger partial charge on any atom is -0.346 e. The van der Waals surface area contributed by atoms with Gasteiger partial charge in [0.15, 0.2) is 0 Å². The zero-order valence-corrected chi connectivity index (χ0v) is 17.0. The molecule has 1 amide bonds. The summed E-state index contributed by atoms with van der Waals surface area (Å²) in [6.45, 7) is 2.02. The van der Waals surface area contributed by atoms with Gasteiger partial charge >= 0.3 is 0 Å². The number of nitrogens with one attached hydrogen (secondary N) is 1. The zero-order valence-electron chi connectivity index (χ0n) is 16.1. The maximum Gasteiger partial charge on any atom is 0.270 e. The highest BCUT2D eigenvalue weighted by Gasteiger charge is 2.39. The maximum atomic E-state index is 12.6. The highest BCUT2D eigenvalue weighted by Crippen LogP contribution is 2.37. The summed E-state index contributed by atoms with van der Waals surface area (Å²) in [5.41, 5.74) is 3.94. The zero-order chi connectivity index (χ0) is 20.4. The molecule has 5 rings (SSSR count). The lowest BCUT2D eigenvalue weighted by Gasteiger charge is -2.13. The minimum atomic E-state index is -3.31. The van der Waals surface area contributed by atoms with Crippen LogP contribution >= 0.6 is 0 Å². The molecule has 0 bridgehead atoms. The molecule has 0 saturated heterocycles. The van der Waals surface area contributed by atoms with Crippen LogP contribution in [0.25, 0.3) is 22.0 Å². The van der Waals surface area contributed by atoms with Gasteiger partial charge in [-0.25, -0.2) is 13.4 Å². The van der Waals surface area contributed by atoms with E-state index in [1.54, 1.807) is 31.6 Å². The molecule has 1 aliphatic carbocycles. The molecule has 0 atom stereocenters. The first-order valence-electron chi connectivity index (χ1n) is 9.43. The molecule has 1 fully saturated rings. The molecule has 3 heterocycles. The van der Waals surface area contributed by atoms with Gasteiger partial charge in [0.05, 0.1) is 17.0 Å². The Morgan fingerprint density at radius 2 is 1.97 bits per heavy atom. The molecule has 1 N–H and O–H groups in total. The number of hydrogen-bond donors (Lipinski definition) is 1. The van der Waals surface area contributed by atoms with E-state index in [2.05, 4.69) is 15.3 Å². The van der Waals surface area contributed by atoms with Crippen LogP contribution in [0, 0.1) is 0 Å². The average Bonchev–Trinajstić information content (AvgIpc) is 3.37. The highest BCUT2D eigenvalue weighted by atomic mass is 32.2. The van der Waals surface area contributed by atoms with Crippen LogP contribution in [-0.4, -0.2) is 36.9 Å². The number of carbonyl (C=O) groups excluding carboxylic acids is 1. The lowest BCUT2D eigenvalue weighted by atomic mass is 10.0. The number of fused-ring (bicyclic) bond motifs is 2. The van der Waals surface area contributed by atoms with Crippen LogP contribution in [-0.2, 0) is 15.8 Å². The fourth-order valence-electron chi connectivity index (χ4n) is 3.65. The quantitative estimate of drug-likeness (QED) is 0.719. The predicted octanol–water partition coefficient (Wildman–Crippen LogP) is 2.86. The third-order valence-electron chi connectivity index (χ3n) is 5.73. The van der Waals surface area contributed by atoms with Gasteiger partial charge in [-0.1, -0.05) is 6.07 Å². The van der Waals surface area contributed by atoms with E-state index < -0.39 is 10.0 Å². The molecule has 8 heteroatoms. The first kappa shape index (κ1) is 18.1. The van der Waals surface area contributed by atoms with Gasteiger partial charge in [-0.3, -0.25) is 14.1 Å². The normalized spacial score (nSPS) is 18.5. The van der Waals surface area contributed by atoms with Gasteiger partial charge < -0.3 is 5.32 Å². The lowest BCUT2D eigenvalue weighted by molar-refractivity contribution is 0.0930. The highest BCUT2D eigenvalue weighted by molar-refractivity contribution is 7.92. The Kier molecular flexibility index (Phi) is 3.73. The van der Waals surface area contributed by atoms with Gasteiger partial charge in [0, 0.05) is 35.9 Å². The van der Waals surface area contributed by atoms with E-state index in [0.29, 0.717) is 16.9 Å². The van der Waals surface area contributed by atoms with Crippen LogP contribution in [0.15, 0.2) is 42.7 Å². The topological polar surface area (TPSA) is 92.3 Å². The van der Waals surface area contributed by atoms with Gasteiger partial charge in [0.25, 0.3) is 5.91 Å². The van der Waals surface area contributed by atoms with E-state index in [-0.39, 0.29) is 17.2 Å². The van der Waals surface area contributed by atoms with Crippen molar-refractivity contribution in [2.45, 2.75) is 31.1 Å². The molecule has 2 aliphatic rings. The number of aromatic nitrogens is 2. The molecule has 0 unspecified atom stereocenters. The third-order valence-corrected chi connectivity index (χ3v) is 7.44. The second-order valence-corrected chi connectivity index (χ2v) is 10.0. The summed E-state index contributed by atoms with van der Waals surface area (Å²) in [6, 6.07) is 9.09. The number of amides is 1. The van der Waals surface area contributed by atoms with Crippen molar-refractivity contribution < 1.29 is 13.2 Å². The van der Waals surface area contributed by atoms with E-state index >= 15 is 0 Å². The van der Waals surface area contributed by atoms with Crippen molar-refractivity contribution in [1.82, 2.24) is 15.3 Å². The van der Waals surface area contributed by atoms with Crippen molar-refractivity contribution in [1.29, 1.82) is 0 Å². The largest absolute Gasteiger partial charge is 0.346 e. The summed E-state index contributed by atoms with van der Waals surface area (Å²) >= 11 is 0. The van der Waals surface area contributed by atoms with Crippen LogP contribution in [0.3, 0.4) is 0 Å². The molecular formula is C21H20N4O3S. The maximum absolute atomic E-state index is 12.6. The Balaban J connectivity index is 1.59. The second-order valence-electron chi connectivity index (χ2n) is 8.04. The van der Waals surface area contributed by atoms with Crippen LogP contribution in [0.5, 0.6) is 0 Å². The fraction of sp³-hybridized carbons (Fsp3) is 0.286. The van der Waals surface area contributed by atoms with Crippen molar-refractivity contribution in [3.63, 3.8) is 0 Å². The first-order valence-corrected chi connectivity index (χ1v) is 11.0. The Morgan fingerprint density at radius 3 is 2.72 bits per heavy atom. The standard InChI is InChI=1S/C21H20N4O3S/c1-21(7-8-21)24-20(26)17-5-3-14-10-22-11-16(19(14)23-17)13-4-6-18-15(9-13)12-29(27,28)25(18)2/h3-6,9-11H,7-8,12H2,1-2H3,(H,24,26). The molecule has 1 aromatic carbocycles. The molecule has 2 aromatic heterocycles. The molecule has 1 saturated carbocycles. The van der Waals surface area contributed by atoms with E-state index in [9.17, 15) is 13.2 Å². The Hall–Kier alpha value is -3.00. The summed E-state index contributed by atoms with van der Waals surface area (Å²) in [5.74, 6) is -0.207. The average molecular weight is 408 g/mol. The van der Waals surface area contributed by atoms with Crippen molar-refractivity contribution in [2.75, 3.05) is 11.4 Å². The number of sulfonamides is 1. The number of pyridine rings is 2. The van der Waals surface area contributed by atoms with E-state index in [1.165, 1.54) is 4.31 Å². The van der Waals surface area contributed by atoms with Gasteiger partial charge in [-0.05, 0) is 55.2 Å². The van der Waals surface area contributed by atoms with Crippen LogP contribution in [0.4, 0.5) is 5.69 Å². The van der Waals surface area contributed by atoms with E-state index in [1.807, 2.05) is 25.1 Å². The third kappa shape index (κ3) is 3.04. The Labute approximate surface area is 168 Å². The molecule has 7 nitrogen and oxygen atoms in total.